The molecule has 3 aromatic rings. The number of nitrogens with zero attached hydrogens (tertiary/aromatic N) is 1. The summed E-state index contributed by atoms with van der Waals surface area (Å²) in [5.41, 5.74) is 2.65. The van der Waals surface area contributed by atoms with Crippen molar-refractivity contribution >= 4 is 21.9 Å². The van der Waals surface area contributed by atoms with Gasteiger partial charge < -0.3 is 14.4 Å². The Balaban J connectivity index is 1.40. The van der Waals surface area contributed by atoms with E-state index in [-0.39, 0.29) is 0 Å². The molecule has 1 N–H and O–H groups in total. The van der Waals surface area contributed by atoms with Crippen molar-refractivity contribution in [1.82, 2.24) is 4.90 Å². The monoisotopic (exact) mass is 321 g/mol. The molecule has 24 heavy (non-hydrogen) atoms. The molecule has 2 bridgehead atoms. The van der Waals surface area contributed by atoms with Crippen LogP contribution in [-0.4, -0.2) is 35.2 Å². The summed E-state index contributed by atoms with van der Waals surface area (Å²) in [6, 6.07) is 14.7. The Labute approximate surface area is 141 Å². The van der Waals surface area contributed by atoms with Crippen LogP contribution in [0.4, 0.5) is 0 Å². The van der Waals surface area contributed by atoms with Crippen LogP contribution >= 0.6 is 0 Å². The quantitative estimate of drug-likeness (QED) is 0.793. The van der Waals surface area contributed by atoms with E-state index in [1.165, 1.54) is 16.3 Å². The second kappa shape index (κ2) is 5.33. The fraction of sp³-hybridized carbons (Fsp3) is 0.429. The van der Waals surface area contributed by atoms with E-state index in [0.717, 1.165) is 56.5 Å². The Morgan fingerprint density at radius 2 is 1.83 bits per heavy atom. The van der Waals surface area contributed by atoms with E-state index in [1.54, 1.807) is 0 Å². The van der Waals surface area contributed by atoms with Gasteiger partial charge in [-0.05, 0) is 62.4 Å². The minimum atomic E-state index is -0.501. The van der Waals surface area contributed by atoms with Gasteiger partial charge in [0.1, 0.15) is 11.2 Å². The summed E-state index contributed by atoms with van der Waals surface area (Å²) in [4.78, 5) is 2.42. The zero-order valence-electron chi connectivity index (χ0n) is 13.9. The summed E-state index contributed by atoms with van der Waals surface area (Å²) in [7, 11) is 0. The van der Waals surface area contributed by atoms with E-state index in [1.807, 2.05) is 18.2 Å². The van der Waals surface area contributed by atoms with Crippen molar-refractivity contribution in [3.05, 3.63) is 48.0 Å². The molecule has 0 aliphatic carbocycles. The summed E-state index contributed by atoms with van der Waals surface area (Å²) < 4.78 is 5.99. The molecule has 1 unspecified atom stereocenters. The molecule has 4 heterocycles. The number of furan rings is 1. The van der Waals surface area contributed by atoms with Gasteiger partial charge >= 0.3 is 0 Å². The molecular formula is C21H23NO2. The number of fused-ring (bicyclic) bond motifs is 6. The van der Waals surface area contributed by atoms with Crippen LogP contribution in [0.15, 0.2) is 46.9 Å². The first-order chi connectivity index (χ1) is 11.7. The third-order valence-electron chi connectivity index (χ3n) is 6.13. The Bertz CT molecular complexity index is 891. The lowest BCUT2D eigenvalue weighted by Crippen LogP contribution is -2.59. The molecule has 6 rings (SSSR count). The van der Waals surface area contributed by atoms with Crippen LogP contribution < -0.4 is 0 Å². The van der Waals surface area contributed by atoms with Crippen molar-refractivity contribution in [3.8, 4) is 0 Å². The van der Waals surface area contributed by atoms with Crippen LogP contribution in [0.2, 0.25) is 0 Å². The summed E-state index contributed by atoms with van der Waals surface area (Å²) in [5, 5.41) is 13.4. The van der Waals surface area contributed by atoms with Gasteiger partial charge in [-0.2, -0.15) is 0 Å². The predicted molar refractivity (Wildman–Crippen MR) is 96.2 cm³/mol. The van der Waals surface area contributed by atoms with Gasteiger partial charge in [0.05, 0.1) is 5.60 Å². The highest BCUT2D eigenvalue weighted by Gasteiger charge is 2.44. The molecule has 1 aromatic heterocycles. The lowest BCUT2D eigenvalue weighted by Gasteiger charge is -2.50. The standard InChI is InChI=1S/C21H23NO2/c23-21(14-22-11-8-16(21)9-12-22)10-7-15-5-6-18-17-3-1-2-4-19(17)24-20(18)13-15/h1-6,13,16,23H,7-12,14H2. The second-order valence-corrected chi connectivity index (χ2v) is 7.58. The van der Waals surface area contributed by atoms with Crippen molar-refractivity contribution in [1.29, 1.82) is 0 Å². The molecule has 2 aromatic carbocycles. The minimum Gasteiger partial charge on any atom is -0.456 e. The van der Waals surface area contributed by atoms with Crippen molar-refractivity contribution in [3.63, 3.8) is 0 Å². The SMILES string of the molecule is OC1(CCc2ccc3c(c2)oc2ccccc23)CN2CCC1CC2. The van der Waals surface area contributed by atoms with Gasteiger partial charge in [-0.25, -0.2) is 0 Å². The molecule has 0 amide bonds. The van der Waals surface area contributed by atoms with Crippen LogP contribution in [0.5, 0.6) is 0 Å². The Hall–Kier alpha value is -1.84. The highest BCUT2D eigenvalue weighted by Crippen LogP contribution is 2.38. The van der Waals surface area contributed by atoms with E-state index in [9.17, 15) is 5.11 Å². The number of benzene rings is 2. The number of hydrogen-bond donors (Lipinski definition) is 1. The van der Waals surface area contributed by atoms with Crippen LogP contribution in [0, 0.1) is 5.92 Å². The third-order valence-corrected chi connectivity index (χ3v) is 6.13. The largest absolute Gasteiger partial charge is 0.456 e. The van der Waals surface area contributed by atoms with Crippen molar-refractivity contribution in [2.75, 3.05) is 19.6 Å². The Morgan fingerprint density at radius 3 is 2.62 bits per heavy atom. The van der Waals surface area contributed by atoms with Gasteiger partial charge in [0, 0.05) is 17.3 Å². The van der Waals surface area contributed by atoms with E-state index < -0.39 is 5.60 Å². The van der Waals surface area contributed by atoms with E-state index >= 15 is 0 Å². The maximum atomic E-state index is 11.1. The number of rotatable bonds is 3. The molecule has 0 saturated carbocycles. The van der Waals surface area contributed by atoms with Gasteiger partial charge in [-0.3, -0.25) is 0 Å². The first-order valence-electron chi connectivity index (χ1n) is 9.06. The molecule has 124 valence electrons. The molecule has 1 atom stereocenters. The van der Waals surface area contributed by atoms with Crippen LogP contribution in [-0.2, 0) is 6.42 Å². The first kappa shape index (κ1) is 14.5. The Kier molecular flexibility index (Phi) is 3.22. The average molecular weight is 321 g/mol. The summed E-state index contributed by atoms with van der Waals surface area (Å²) in [5.74, 6) is 0.484. The van der Waals surface area contributed by atoms with Gasteiger partial charge in [0.25, 0.3) is 0 Å². The zero-order valence-corrected chi connectivity index (χ0v) is 13.9. The summed E-state index contributed by atoms with van der Waals surface area (Å²) in [6.07, 6.45) is 4.06. The first-order valence-corrected chi connectivity index (χ1v) is 9.06. The fourth-order valence-corrected chi connectivity index (χ4v) is 4.71. The van der Waals surface area contributed by atoms with Crippen LogP contribution in [0.1, 0.15) is 24.8 Å². The second-order valence-electron chi connectivity index (χ2n) is 7.58. The maximum absolute atomic E-state index is 11.1. The smallest absolute Gasteiger partial charge is 0.135 e. The van der Waals surface area contributed by atoms with Crippen molar-refractivity contribution in [2.45, 2.75) is 31.3 Å². The Morgan fingerprint density at radius 1 is 1.04 bits per heavy atom. The van der Waals surface area contributed by atoms with E-state index in [4.69, 9.17) is 4.42 Å². The summed E-state index contributed by atoms with van der Waals surface area (Å²) in [6.45, 7) is 3.18. The van der Waals surface area contributed by atoms with Gasteiger partial charge in [0.15, 0.2) is 0 Å². The van der Waals surface area contributed by atoms with Crippen molar-refractivity contribution in [2.24, 2.45) is 5.92 Å². The van der Waals surface area contributed by atoms with Gasteiger partial charge in [0.2, 0.25) is 0 Å². The molecule has 0 spiro atoms. The van der Waals surface area contributed by atoms with E-state index in [0.29, 0.717) is 5.92 Å². The number of piperidine rings is 3. The number of para-hydroxylation sites is 1. The minimum absolute atomic E-state index is 0.484. The van der Waals surface area contributed by atoms with Crippen LogP contribution in [0.3, 0.4) is 0 Å². The van der Waals surface area contributed by atoms with Gasteiger partial charge in [-0.15, -0.1) is 0 Å². The number of aliphatic hydroxyl groups is 1. The predicted octanol–water partition coefficient (Wildman–Crippen LogP) is 3.98. The highest BCUT2D eigenvalue weighted by molar-refractivity contribution is 6.04. The lowest BCUT2D eigenvalue weighted by atomic mass is 9.73. The molecule has 3 aliphatic rings. The molecule has 3 heteroatoms. The number of hydrogen-bond acceptors (Lipinski definition) is 3. The topological polar surface area (TPSA) is 36.6 Å². The molecule has 3 aliphatic heterocycles. The average Bonchev–Trinajstić information content (AvgIpc) is 2.98. The third kappa shape index (κ3) is 2.27. The number of aryl methyl sites for hydroxylation is 1. The highest BCUT2D eigenvalue weighted by atomic mass is 16.3. The molecule has 3 fully saturated rings. The van der Waals surface area contributed by atoms with Crippen LogP contribution in [0.25, 0.3) is 21.9 Å². The fourth-order valence-electron chi connectivity index (χ4n) is 4.71. The van der Waals surface area contributed by atoms with Gasteiger partial charge in [-0.1, -0.05) is 30.3 Å². The normalized spacial score (nSPS) is 29.5. The summed E-state index contributed by atoms with van der Waals surface area (Å²) >= 11 is 0. The molecule has 3 saturated heterocycles. The van der Waals surface area contributed by atoms with E-state index in [2.05, 4.69) is 29.2 Å². The van der Waals surface area contributed by atoms with Crippen molar-refractivity contribution < 1.29 is 9.52 Å². The zero-order chi connectivity index (χ0) is 16.1. The molecule has 3 nitrogen and oxygen atoms in total. The maximum Gasteiger partial charge on any atom is 0.135 e. The molecular weight excluding hydrogens is 298 g/mol. The molecule has 0 radical (unpaired) electrons. The lowest BCUT2D eigenvalue weighted by molar-refractivity contribution is -0.115.